The lowest BCUT2D eigenvalue weighted by Gasteiger charge is -2.31. The first-order valence-electron chi connectivity index (χ1n) is 8.00. The molecular formula is C18H23Cl2FN2OS. The molecule has 0 amide bonds. The highest BCUT2D eigenvalue weighted by atomic mass is 35.5. The maximum absolute atomic E-state index is 12.9. The van der Waals surface area contributed by atoms with Crippen molar-refractivity contribution in [3.05, 3.63) is 60.2 Å². The molecular weight excluding hydrogens is 382 g/mol. The lowest BCUT2D eigenvalue weighted by molar-refractivity contribution is 0.234. The zero-order valence-electron chi connectivity index (χ0n) is 13.8. The Morgan fingerprint density at radius 2 is 1.64 bits per heavy atom. The maximum atomic E-state index is 12.9. The highest BCUT2D eigenvalue weighted by Crippen LogP contribution is 2.21. The molecule has 1 aromatic heterocycles. The molecule has 1 aliphatic heterocycles. The summed E-state index contributed by atoms with van der Waals surface area (Å²) < 4.78 is 25.4. The van der Waals surface area contributed by atoms with Gasteiger partial charge in [-0.15, -0.1) is 24.8 Å². The molecule has 1 fully saturated rings. The average Bonchev–Trinajstić information content (AvgIpc) is 2.62. The van der Waals surface area contributed by atoms with Gasteiger partial charge >= 0.3 is 0 Å². The summed E-state index contributed by atoms with van der Waals surface area (Å²) in [7, 11) is -0.936. The minimum Gasteiger partial charge on any atom is -0.303 e. The van der Waals surface area contributed by atoms with Gasteiger partial charge in [0.25, 0.3) is 0 Å². The largest absolute Gasteiger partial charge is 0.303 e. The zero-order chi connectivity index (χ0) is 16.1. The number of halogens is 3. The number of hydrogen-bond acceptors (Lipinski definition) is 3. The predicted octanol–water partition coefficient (Wildman–Crippen LogP) is 3.88. The van der Waals surface area contributed by atoms with Crippen molar-refractivity contribution >= 4 is 35.6 Å². The number of benzene rings is 1. The second kappa shape index (κ2) is 10.9. The van der Waals surface area contributed by atoms with Crippen molar-refractivity contribution in [2.24, 2.45) is 0 Å². The number of hydrogen-bond donors (Lipinski definition) is 0. The number of likely N-dealkylation sites (tertiary alicyclic amines) is 1. The smallest absolute Gasteiger partial charge is 0.123 e. The Morgan fingerprint density at radius 1 is 1.04 bits per heavy atom. The number of piperidine rings is 1. The van der Waals surface area contributed by atoms with E-state index in [1.807, 2.05) is 24.3 Å². The lowest BCUT2D eigenvalue weighted by Crippen LogP contribution is -2.38. The third-order valence-corrected chi connectivity index (χ3v) is 6.16. The Bertz CT molecular complexity index is 650. The molecule has 7 heteroatoms. The van der Waals surface area contributed by atoms with Gasteiger partial charge in [0.2, 0.25) is 0 Å². The fourth-order valence-electron chi connectivity index (χ4n) is 2.95. The van der Waals surface area contributed by atoms with Crippen molar-refractivity contribution in [1.29, 1.82) is 0 Å². The van der Waals surface area contributed by atoms with Gasteiger partial charge in [-0.3, -0.25) is 9.19 Å². The maximum Gasteiger partial charge on any atom is 0.123 e. The average molecular weight is 405 g/mol. The zero-order valence-corrected chi connectivity index (χ0v) is 16.3. The van der Waals surface area contributed by atoms with Crippen LogP contribution in [0.5, 0.6) is 0 Å². The number of aromatic nitrogens is 1. The van der Waals surface area contributed by atoms with Crippen LogP contribution in [0, 0.1) is 5.82 Å². The van der Waals surface area contributed by atoms with Gasteiger partial charge < -0.3 is 4.90 Å². The molecule has 1 aliphatic rings. The summed E-state index contributed by atoms with van der Waals surface area (Å²) in [6.45, 7) is 2.92. The topological polar surface area (TPSA) is 33.2 Å². The first-order chi connectivity index (χ1) is 11.2. The van der Waals surface area contributed by atoms with Crippen LogP contribution in [0.1, 0.15) is 18.4 Å². The molecule has 138 valence electrons. The standard InChI is InChI=1S/C18H21FN2OS.2ClH/c19-16-3-1-15(2-4-16)7-12-21-13-8-18(9-14-21)23(22)17-5-10-20-11-6-17;;/h1-6,10-11,18H,7-9,12-14H2;2*1H. The fraction of sp³-hybridized carbons (Fsp3) is 0.389. The van der Waals surface area contributed by atoms with Crippen molar-refractivity contribution in [3.8, 4) is 0 Å². The minimum atomic E-state index is -0.936. The molecule has 1 saturated heterocycles. The molecule has 25 heavy (non-hydrogen) atoms. The molecule has 2 heterocycles. The number of nitrogens with zero attached hydrogens (tertiary/aromatic N) is 2. The van der Waals surface area contributed by atoms with Crippen LogP contribution in [0.4, 0.5) is 4.39 Å². The molecule has 0 radical (unpaired) electrons. The van der Waals surface area contributed by atoms with Crippen molar-refractivity contribution in [1.82, 2.24) is 9.88 Å². The molecule has 1 unspecified atom stereocenters. The first kappa shape index (κ1) is 22.0. The van der Waals surface area contributed by atoms with Crippen LogP contribution >= 0.6 is 24.8 Å². The van der Waals surface area contributed by atoms with Crippen LogP contribution in [0.15, 0.2) is 53.7 Å². The van der Waals surface area contributed by atoms with Crippen LogP contribution in [0.25, 0.3) is 0 Å². The Morgan fingerprint density at radius 3 is 2.24 bits per heavy atom. The molecule has 3 nitrogen and oxygen atoms in total. The molecule has 1 atom stereocenters. The Balaban J connectivity index is 0.00000156. The van der Waals surface area contributed by atoms with E-state index in [1.54, 1.807) is 12.4 Å². The molecule has 0 N–H and O–H groups in total. The Hall–Kier alpha value is -1.01. The molecule has 0 bridgehead atoms. The van der Waals surface area contributed by atoms with Gasteiger partial charge in [0.05, 0.1) is 10.8 Å². The first-order valence-corrected chi connectivity index (χ1v) is 9.21. The van der Waals surface area contributed by atoms with Gasteiger partial charge in [-0.05, 0) is 62.2 Å². The van der Waals surface area contributed by atoms with Gasteiger partial charge in [-0.2, -0.15) is 0 Å². The summed E-state index contributed by atoms with van der Waals surface area (Å²) in [5, 5.41) is 0.236. The summed E-state index contributed by atoms with van der Waals surface area (Å²) in [5.74, 6) is -0.187. The molecule has 2 aromatic rings. The second-order valence-electron chi connectivity index (χ2n) is 5.90. The van der Waals surface area contributed by atoms with Crippen LogP contribution in [0.2, 0.25) is 0 Å². The summed E-state index contributed by atoms with van der Waals surface area (Å²) in [6.07, 6.45) is 6.24. The van der Waals surface area contributed by atoms with E-state index in [4.69, 9.17) is 0 Å². The third-order valence-electron chi connectivity index (χ3n) is 4.35. The molecule has 1 aromatic carbocycles. The van der Waals surface area contributed by atoms with E-state index in [1.165, 1.54) is 12.1 Å². The van der Waals surface area contributed by atoms with Crippen LogP contribution in [-0.4, -0.2) is 39.0 Å². The minimum absolute atomic E-state index is 0. The normalized spacial score (nSPS) is 16.5. The van der Waals surface area contributed by atoms with Gasteiger partial charge in [0.1, 0.15) is 5.82 Å². The van der Waals surface area contributed by atoms with Gasteiger partial charge in [-0.1, -0.05) is 12.1 Å². The molecule has 0 spiro atoms. The van der Waals surface area contributed by atoms with E-state index >= 15 is 0 Å². The summed E-state index contributed by atoms with van der Waals surface area (Å²) in [5.41, 5.74) is 1.16. The monoisotopic (exact) mass is 404 g/mol. The van der Waals surface area contributed by atoms with Gasteiger partial charge in [0, 0.05) is 29.1 Å². The highest BCUT2D eigenvalue weighted by Gasteiger charge is 2.24. The van der Waals surface area contributed by atoms with E-state index in [0.29, 0.717) is 0 Å². The van der Waals surface area contributed by atoms with E-state index in [2.05, 4.69) is 9.88 Å². The van der Waals surface area contributed by atoms with Gasteiger partial charge in [0.15, 0.2) is 0 Å². The molecule has 0 aliphatic carbocycles. The van der Waals surface area contributed by atoms with Crippen LogP contribution < -0.4 is 0 Å². The predicted molar refractivity (Wildman–Crippen MR) is 105 cm³/mol. The quantitative estimate of drug-likeness (QED) is 0.757. The molecule has 3 rings (SSSR count). The van der Waals surface area contributed by atoms with Crippen LogP contribution in [-0.2, 0) is 17.2 Å². The fourth-order valence-corrected chi connectivity index (χ4v) is 4.36. The van der Waals surface area contributed by atoms with E-state index < -0.39 is 10.8 Å². The number of pyridine rings is 1. The van der Waals surface area contributed by atoms with E-state index in [-0.39, 0.29) is 35.9 Å². The highest BCUT2D eigenvalue weighted by molar-refractivity contribution is 7.85. The SMILES string of the molecule is Cl.Cl.O=S(c1ccncc1)C1CCN(CCc2ccc(F)cc2)CC1. The van der Waals surface area contributed by atoms with Crippen molar-refractivity contribution < 1.29 is 8.60 Å². The Kier molecular flexibility index (Phi) is 9.57. The number of rotatable bonds is 5. The Labute approximate surface area is 163 Å². The third kappa shape index (κ3) is 6.33. The van der Waals surface area contributed by atoms with Crippen molar-refractivity contribution in [2.75, 3.05) is 19.6 Å². The van der Waals surface area contributed by atoms with E-state index in [9.17, 15) is 8.60 Å². The summed E-state index contributed by atoms with van der Waals surface area (Å²) >= 11 is 0. The van der Waals surface area contributed by atoms with E-state index in [0.717, 1.165) is 49.4 Å². The lowest BCUT2D eigenvalue weighted by atomic mass is 10.1. The molecule has 0 saturated carbocycles. The summed E-state index contributed by atoms with van der Waals surface area (Å²) in [6, 6.07) is 10.4. The van der Waals surface area contributed by atoms with Gasteiger partial charge in [-0.25, -0.2) is 4.39 Å². The van der Waals surface area contributed by atoms with Crippen molar-refractivity contribution in [2.45, 2.75) is 29.4 Å². The second-order valence-corrected chi connectivity index (χ2v) is 7.63. The summed E-state index contributed by atoms with van der Waals surface area (Å²) in [4.78, 5) is 7.26. The van der Waals surface area contributed by atoms with Crippen molar-refractivity contribution in [3.63, 3.8) is 0 Å². The van der Waals surface area contributed by atoms with Crippen LogP contribution in [0.3, 0.4) is 0 Å².